The molecule has 0 atom stereocenters. The van der Waals surface area contributed by atoms with E-state index < -0.39 is 0 Å². The molecule has 0 aliphatic carbocycles. The predicted octanol–water partition coefficient (Wildman–Crippen LogP) is 4.54. The van der Waals surface area contributed by atoms with Crippen LogP contribution in [0.2, 0.25) is 0 Å². The highest BCUT2D eigenvalue weighted by Crippen LogP contribution is 2.31. The molecule has 0 aliphatic rings. The topological polar surface area (TPSA) is 64.4 Å². The Hall–Kier alpha value is -3.12. The maximum absolute atomic E-state index is 12.3. The number of rotatable bonds is 6. The number of fused-ring (bicyclic) bond motifs is 1. The molecule has 27 heavy (non-hydrogen) atoms. The van der Waals surface area contributed by atoms with E-state index >= 15 is 0 Å². The number of carbonyl (C=O) groups is 1. The van der Waals surface area contributed by atoms with E-state index in [1.165, 1.54) is 0 Å². The Labute approximate surface area is 160 Å². The summed E-state index contributed by atoms with van der Waals surface area (Å²) in [5.41, 5.74) is 2.06. The molecule has 5 nitrogen and oxygen atoms in total. The van der Waals surface area contributed by atoms with Crippen molar-refractivity contribution in [3.63, 3.8) is 0 Å². The summed E-state index contributed by atoms with van der Waals surface area (Å²) < 4.78 is 11.9. The van der Waals surface area contributed by atoms with Crippen LogP contribution >= 0.6 is 11.3 Å². The maximum Gasteiger partial charge on any atom is 0.287 e. The van der Waals surface area contributed by atoms with E-state index in [1.54, 1.807) is 30.6 Å². The number of amides is 1. The molecular weight excluding hydrogens is 360 g/mol. The lowest BCUT2D eigenvalue weighted by Crippen LogP contribution is -2.25. The summed E-state index contributed by atoms with van der Waals surface area (Å²) in [5.74, 6) is 1.49. The fraction of sp³-hybridized carbons (Fsp3) is 0.143. The summed E-state index contributed by atoms with van der Waals surface area (Å²) in [4.78, 5) is 16.9. The van der Waals surface area contributed by atoms with Gasteiger partial charge >= 0.3 is 0 Å². The molecule has 1 amide bonds. The number of aromatic nitrogens is 1. The third-order valence-corrected chi connectivity index (χ3v) is 5.24. The number of hydrogen-bond donors (Lipinski definition) is 1. The van der Waals surface area contributed by atoms with Gasteiger partial charge in [0, 0.05) is 6.54 Å². The summed E-state index contributed by atoms with van der Waals surface area (Å²) in [6.45, 7) is 0.530. The SMILES string of the molecule is COc1ccc(CCNC(=O)c2ccc(-c3nc4ccccc4s3)o2)cc1. The van der Waals surface area contributed by atoms with Gasteiger partial charge in [-0.15, -0.1) is 11.3 Å². The molecule has 0 unspecified atom stereocenters. The van der Waals surface area contributed by atoms with Crippen molar-refractivity contribution < 1.29 is 13.9 Å². The Balaban J connectivity index is 1.38. The quantitative estimate of drug-likeness (QED) is 0.535. The van der Waals surface area contributed by atoms with Crippen molar-refractivity contribution in [1.82, 2.24) is 10.3 Å². The minimum atomic E-state index is -0.226. The van der Waals surface area contributed by atoms with Crippen LogP contribution in [0.25, 0.3) is 21.0 Å². The Bertz CT molecular complexity index is 1030. The van der Waals surface area contributed by atoms with Crippen LogP contribution < -0.4 is 10.1 Å². The van der Waals surface area contributed by atoms with Crippen LogP contribution in [0.15, 0.2) is 65.1 Å². The lowest BCUT2D eigenvalue weighted by Gasteiger charge is -2.05. The monoisotopic (exact) mass is 378 g/mol. The van der Waals surface area contributed by atoms with Gasteiger partial charge in [-0.1, -0.05) is 24.3 Å². The van der Waals surface area contributed by atoms with Crippen molar-refractivity contribution in [2.24, 2.45) is 0 Å². The summed E-state index contributed by atoms with van der Waals surface area (Å²) in [6.07, 6.45) is 0.737. The highest BCUT2D eigenvalue weighted by Gasteiger charge is 2.14. The zero-order chi connectivity index (χ0) is 18.6. The molecule has 1 N–H and O–H groups in total. The number of hydrogen-bond acceptors (Lipinski definition) is 5. The van der Waals surface area contributed by atoms with Crippen molar-refractivity contribution in [2.75, 3.05) is 13.7 Å². The third kappa shape index (κ3) is 3.85. The highest BCUT2D eigenvalue weighted by molar-refractivity contribution is 7.21. The summed E-state index contributed by atoms with van der Waals surface area (Å²) in [5, 5.41) is 3.66. The van der Waals surface area contributed by atoms with Gasteiger partial charge in [0.1, 0.15) is 5.75 Å². The summed E-state index contributed by atoms with van der Waals surface area (Å²) in [7, 11) is 1.64. The molecule has 2 aromatic heterocycles. The Morgan fingerprint density at radius 3 is 2.70 bits per heavy atom. The van der Waals surface area contributed by atoms with E-state index in [2.05, 4.69) is 10.3 Å². The zero-order valence-electron chi connectivity index (χ0n) is 14.8. The molecule has 2 heterocycles. The Kier molecular flexibility index (Phi) is 4.89. The summed E-state index contributed by atoms with van der Waals surface area (Å²) >= 11 is 1.55. The first-order valence-corrected chi connectivity index (χ1v) is 9.41. The van der Waals surface area contributed by atoms with E-state index in [0.29, 0.717) is 18.1 Å². The van der Waals surface area contributed by atoms with Crippen LogP contribution in [0.3, 0.4) is 0 Å². The summed E-state index contributed by atoms with van der Waals surface area (Å²) in [6, 6.07) is 19.2. The second-order valence-corrected chi connectivity index (χ2v) is 7.04. The molecule has 4 rings (SSSR count). The molecule has 0 saturated heterocycles. The van der Waals surface area contributed by atoms with Gasteiger partial charge < -0.3 is 14.5 Å². The van der Waals surface area contributed by atoms with Gasteiger partial charge in [0.25, 0.3) is 5.91 Å². The first kappa shape index (κ1) is 17.3. The van der Waals surface area contributed by atoms with Crippen molar-refractivity contribution in [1.29, 1.82) is 0 Å². The number of furan rings is 1. The van der Waals surface area contributed by atoms with Gasteiger partial charge in [0.05, 0.1) is 17.3 Å². The number of methoxy groups -OCH3 is 1. The first-order valence-electron chi connectivity index (χ1n) is 8.60. The Morgan fingerprint density at radius 2 is 1.93 bits per heavy atom. The van der Waals surface area contributed by atoms with Crippen molar-refractivity contribution in [3.05, 3.63) is 72.0 Å². The third-order valence-electron chi connectivity index (χ3n) is 4.19. The molecule has 0 fully saturated rings. The van der Waals surface area contributed by atoms with Crippen LogP contribution in [-0.2, 0) is 6.42 Å². The van der Waals surface area contributed by atoms with E-state index in [0.717, 1.165) is 33.0 Å². The van der Waals surface area contributed by atoms with E-state index in [1.807, 2.05) is 48.5 Å². The van der Waals surface area contributed by atoms with Gasteiger partial charge in [0.2, 0.25) is 0 Å². The molecule has 0 spiro atoms. The number of ether oxygens (including phenoxy) is 1. The van der Waals surface area contributed by atoms with E-state index in [9.17, 15) is 4.79 Å². The molecular formula is C21H18N2O3S. The first-order chi connectivity index (χ1) is 13.2. The molecule has 0 saturated carbocycles. The minimum Gasteiger partial charge on any atom is -0.497 e. The standard InChI is InChI=1S/C21H18N2O3S/c1-25-15-8-6-14(7-9-15)12-13-22-20(24)17-10-11-18(26-17)21-23-16-4-2-3-5-19(16)27-21/h2-11H,12-13H2,1H3,(H,22,24). The lowest BCUT2D eigenvalue weighted by molar-refractivity contribution is 0.0927. The molecule has 0 radical (unpaired) electrons. The number of nitrogens with zero attached hydrogens (tertiary/aromatic N) is 1. The van der Waals surface area contributed by atoms with Gasteiger partial charge in [-0.2, -0.15) is 0 Å². The van der Waals surface area contributed by atoms with Crippen molar-refractivity contribution >= 4 is 27.5 Å². The van der Waals surface area contributed by atoms with Crippen LogP contribution in [0, 0.1) is 0 Å². The number of para-hydroxylation sites is 1. The second kappa shape index (κ2) is 7.63. The van der Waals surface area contributed by atoms with Crippen LogP contribution in [0.4, 0.5) is 0 Å². The molecule has 0 bridgehead atoms. The molecule has 2 aromatic carbocycles. The average Bonchev–Trinajstić information content (AvgIpc) is 3.35. The number of benzene rings is 2. The van der Waals surface area contributed by atoms with Gasteiger partial charge in [-0.3, -0.25) is 4.79 Å². The van der Waals surface area contributed by atoms with Gasteiger partial charge in [0.15, 0.2) is 16.5 Å². The predicted molar refractivity (Wildman–Crippen MR) is 106 cm³/mol. The van der Waals surface area contributed by atoms with E-state index in [4.69, 9.17) is 9.15 Å². The average molecular weight is 378 g/mol. The number of carbonyl (C=O) groups excluding carboxylic acids is 1. The fourth-order valence-electron chi connectivity index (χ4n) is 2.75. The highest BCUT2D eigenvalue weighted by atomic mass is 32.1. The maximum atomic E-state index is 12.3. The smallest absolute Gasteiger partial charge is 0.287 e. The molecule has 136 valence electrons. The molecule has 0 aliphatic heterocycles. The van der Waals surface area contributed by atoms with Crippen LogP contribution in [-0.4, -0.2) is 24.5 Å². The van der Waals surface area contributed by atoms with Gasteiger partial charge in [-0.25, -0.2) is 4.98 Å². The Morgan fingerprint density at radius 1 is 1.11 bits per heavy atom. The number of nitrogens with one attached hydrogen (secondary N) is 1. The lowest BCUT2D eigenvalue weighted by atomic mass is 10.1. The normalized spacial score (nSPS) is 10.9. The second-order valence-electron chi connectivity index (χ2n) is 6.00. The minimum absolute atomic E-state index is 0.226. The van der Waals surface area contributed by atoms with Crippen LogP contribution in [0.1, 0.15) is 16.1 Å². The fourth-order valence-corrected chi connectivity index (χ4v) is 3.68. The molecule has 4 aromatic rings. The van der Waals surface area contributed by atoms with Crippen molar-refractivity contribution in [3.8, 4) is 16.5 Å². The van der Waals surface area contributed by atoms with E-state index in [-0.39, 0.29) is 5.91 Å². The van der Waals surface area contributed by atoms with Crippen molar-refractivity contribution in [2.45, 2.75) is 6.42 Å². The van der Waals surface area contributed by atoms with Crippen LogP contribution in [0.5, 0.6) is 5.75 Å². The largest absolute Gasteiger partial charge is 0.497 e. The van der Waals surface area contributed by atoms with Gasteiger partial charge in [-0.05, 0) is 48.4 Å². The zero-order valence-corrected chi connectivity index (χ0v) is 15.6. The molecule has 6 heteroatoms. The number of thiazole rings is 1.